The Labute approximate surface area is 116 Å². The Morgan fingerprint density at radius 2 is 1.94 bits per heavy atom. The van der Waals surface area contributed by atoms with Gasteiger partial charge in [0.25, 0.3) is 0 Å². The quantitative estimate of drug-likeness (QED) is 0.863. The van der Waals surface area contributed by atoms with E-state index in [4.69, 9.17) is 5.73 Å². The highest BCUT2D eigenvalue weighted by molar-refractivity contribution is 7.97. The van der Waals surface area contributed by atoms with Gasteiger partial charge < -0.3 is 5.73 Å². The monoisotopic (exact) mass is 273 g/mol. The first-order valence-electron chi connectivity index (χ1n) is 5.77. The average Bonchev–Trinajstić information content (AvgIpc) is 2.85. The summed E-state index contributed by atoms with van der Waals surface area (Å²) in [4.78, 5) is 1.34. The van der Waals surface area contributed by atoms with Crippen LogP contribution in [0.15, 0.2) is 41.8 Å². The van der Waals surface area contributed by atoms with Gasteiger partial charge in [0.15, 0.2) is 0 Å². The number of hydrogen-bond donors (Lipinski definition) is 1. The normalized spacial score (nSPS) is 9.83. The van der Waals surface area contributed by atoms with Crippen molar-refractivity contribution in [3.8, 4) is 11.8 Å². The Bertz CT molecular complexity index is 534. The number of thiophene rings is 1. The van der Waals surface area contributed by atoms with E-state index in [2.05, 4.69) is 47.6 Å². The summed E-state index contributed by atoms with van der Waals surface area (Å²) in [6.07, 6.45) is 0. The Morgan fingerprint density at radius 3 is 2.72 bits per heavy atom. The topological polar surface area (TPSA) is 26.0 Å². The summed E-state index contributed by atoms with van der Waals surface area (Å²) in [7, 11) is 0. The third kappa shape index (κ3) is 3.92. The molecule has 0 fully saturated rings. The van der Waals surface area contributed by atoms with E-state index < -0.39 is 0 Å². The second-order valence-corrected chi connectivity index (χ2v) is 5.73. The van der Waals surface area contributed by atoms with E-state index in [0.29, 0.717) is 6.54 Å². The van der Waals surface area contributed by atoms with E-state index in [9.17, 15) is 0 Å². The SMILES string of the molecule is NCC#Cc1ccsc1CSCc1ccccc1. The zero-order valence-electron chi connectivity index (χ0n) is 10.1. The lowest BCUT2D eigenvalue weighted by atomic mass is 10.2. The molecule has 0 unspecified atom stereocenters. The van der Waals surface area contributed by atoms with Crippen LogP contribution in [0.5, 0.6) is 0 Å². The van der Waals surface area contributed by atoms with E-state index in [0.717, 1.165) is 17.1 Å². The van der Waals surface area contributed by atoms with Crippen molar-refractivity contribution in [2.24, 2.45) is 5.73 Å². The predicted molar refractivity (Wildman–Crippen MR) is 81.7 cm³/mol. The summed E-state index contributed by atoms with van der Waals surface area (Å²) in [5.74, 6) is 8.10. The molecule has 92 valence electrons. The first kappa shape index (κ1) is 13.2. The number of benzene rings is 1. The van der Waals surface area contributed by atoms with E-state index in [1.165, 1.54) is 10.4 Å². The smallest absolute Gasteiger partial charge is 0.0555 e. The van der Waals surface area contributed by atoms with Gasteiger partial charge in [0.1, 0.15) is 0 Å². The van der Waals surface area contributed by atoms with Crippen LogP contribution in [-0.4, -0.2) is 6.54 Å². The minimum Gasteiger partial charge on any atom is -0.320 e. The summed E-state index contributed by atoms with van der Waals surface area (Å²) in [6, 6.07) is 12.6. The van der Waals surface area contributed by atoms with Gasteiger partial charge in [-0.1, -0.05) is 42.2 Å². The summed E-state index contributed by atoms with van der Waals surface area (Å²) in [5, 5.41) is 2.10. The molecule has 0 aliphatic heterocycles. The number of thioether (sulfide) groups is 1. The Morgan fingerprint density at radius 1 is 1.11 bits per heavy atom. The molecule has 1 aromatic heterocycles. The summed E-state index contributed by atoms with van der Waals surface area (Å²) < 4.78 is 0. The van der Waals surface area contributed by atoms with Crippen molar-refractivity contribution in [1.82, 2.24) is 0 Å². The minimum atomic E-state index is 0.423. The molecular formula is C15H15NS2. The van der Waals surface area contributed by atoms with Crippen molar-refractivity contribution in [2.45, 2.75) is 11.5 Å². The maximum absolute atomic E-state index is 5.40. The predicted octanol–water partition coefficient (Wildman–Crippen LogP) is 3.49. The van der Waals surface area contributed by atoms with Crippen LogP contribution in [0.25, 0.3) is 0 Å². The van der Waals surface area contributed by atoms with Crippen LogP contribution in [0.3, 0.4) is 0 Å². The second-order valence-electron chi connectivity index (χ2n) is 3.74. The van der Waals surface area contributed by atoms with Gasteiger partial charge in [0.2, 0.25) is 0 Å². The molecule has 0 amide bonds. The molecule has 0 bridgehead atoms. The van der Waals surface area contributed by atoms with Gasteiger partial charge in [-0.15, -0.1) is 11.3 Å². The lowest BCUT2D eigenvalue weighted by Gasteiger charge is -2.01. The summed E-state index contributed by atoms with van der Waals surface area (Å²) >= 11 is 3.69. The summed E-state index contributed by atoms with van der Waals surface area (Å²) in [5.41, 5.74) is 7.90. The zero-order chi connectivity index (χ0) is 12.6. The van der Waals surface area contributed by atoms with Crippen LogP contribution in [0, 0.1) is 11.8 Å². The zero-order valence-corrected chi connectivity index (χ0v) is 11.7. The molecule has 2 rings (SSSR count). The maximum atomic E-state index is 5.40. The Hall–Kier alpha value is -1.21. The molecular weight excluding hydrogens is 258 g/mol. The van der Waals surface area contributed by atoms with Crippen molar-refractivity contribution in [3.63, 3.8) is 0 Å². The van der Waals surface area contributed by atoms with Crippen LogP contribution in [0.2, 0.25) is 0 Å². The molecule has 3 heteroatoms. The lowest BCUT2D eigenvalue weighted by Crippen LogP contribution is -1.93. The van der Waals surface area contributed by atoms with Crippen LogP contribution in [0.1, 0.15) is 16.0 Å². The van der Waals surface area contributed by atoms with Gasteiger partial charge >= 0.3 is 0 Å². The van der Waals surface area contributed by atoms with E-state index >= 15 is 0 Å². The van der Waals surface area contributed by atoms with Gasteiger partial charge in [-0.25, -0.2) is 0 Å². The fraction of sp³-hybridized carbons (Fsp3) is 0.200. The molecule has 2 aromatic rings. The third-order valence-electron chi connectivity index (χ3n) is 2.42. The Balaban J connectivity index is 1.89. The molecule has 0 aliphatic carbocycles. The lowest BCUT2D eigenvalue weighted by molar-refractivity contribution is 1.30. The van der Waals surface area contributed by atoms with Crippen LogP contribution >= 0.6 is 23.1 Å². The minimum absolute atomic E-state index is 0.423. The fourth-order valence-electron chi connectivity index (χ4n) is 1.55. The molecule has 2 N–H and O–H groups in total. The van der Waals surface area contributed by atoms with E-state index in [1.54, 1.807) is 11.3 Å². The number of hydrogen-bond acceptors (Lipinski definition) is 3. The van der Waals surface area contributed by atoms with Crippen molar-refractivity contribution >= 4 is 23.1 Å². The second kappa shape index (κ2) is 7.27. The highest BCUT2D eigenvalue weighted by atomic mass is 32.2. The van der Waals surface area contributed by atoms with Crippen molar-refractivity contribution in [1.29, 1.82) is 0 Å². The van der Waals surface area contributed by atoms with Crippen molar-refractivity contribution < 1.29 is 0 Å². The molecule has 1 heterocycles. The Kier molecular flexibility index (Phi) is 5.35. The molecule has 0 saturated heterocycles. The van der Waals surface area contributed by atoms with E-state index in [-0.39, 0.29) is 0 Å². The van der Waals surface area contributed by atoms with Gasteiger partial charge in [-0.05, 0) is 17.0 Å². The van der Waals surface area contributed by atoms with Gasteiger partial charge in [-0.3, -0.25) is 0 Å². The van der Waals surface area contributed by atoms with Crippen molar-refractivity contribution in [2.75, 3.05) is 6.54 Å². The van der Waals surface area contributed by atoms with Gasteiger partial charge in [0, 0.05) is 21.9 Å². The molecule has 0 saturated carbocycles. The van der Waals surface area contributed by atoms with Crippen LogP contribution in [-0.2, 0) is 11.5 Å². The average molecular weight is 273 g/mol. The molecule has 0 aliphatic rings. The molecule has 0 atom stereocenters. The van der Waals surface area contributed by atoms with Gasteiger partial charge in [0.05, 0.1) is 6.54 Å². The number of nitrogens with two attached hydrogens (primary N) is 1. The van der Waals surface area contributed by atoms with Crippen LogP contribution < -0.4 is 5.73 Å². The molecule has 0 spiro atoms. The number of rotatable bonds is 4. The fourth-order valence-corrected chi connectivity index (χ4v) is 3.55. The molecule has 18 heavy (non-hydrogen) atoms. The van der Waals surface area contributed by atoms with Crippen molar-refractivity contribution in [3.05, 3.63) is 57.8 Å². The summed E-state index contributed by atoms with van der Waals surface area (Å²) in [6.45, 7) is 0.423. The maximum Gasteiger partial charge on any atom is 0.0555 e. The largest absolute Gasteiger partial charge is 0.320 e. The first-order valence-corrected chi connectivity index (χ1v) is 7.80. The third-order valence-corrected chi connectivity index (χ3v) is 4.55. The van der Waals surface area contributed by atoms with Crippen LogP contribution in [0.4, 0.5) is 0 Å². The molecule has 0 radical (unpaired) electrons. The van der Waals surface area contributed by atoms with Gasteiger partial charge in [-0.2, -0.15) is 11.8 Å². The first-order chi connectivity index (χ1) is 8.90. The van der Waals surface area contributed by atoms with E-state index in [1.807, 2.05) is 17.8 Å². The highest BCUT2D eigenvalue weighted by Gasteiger charge is 2.02. The molecule has 1 aromatic carbocycles. The standard InChI is InChI=1S/C15H15NS2/c16-9-4-7-14-8-10-18-15(14)12-17-11-13-5-2-1-3-6-13/h1-3,5-6,8,10H,9,11-12,16H2. The molecule has 1 nitrogen and oxygen atoms in total. The highest BCUT2D eigenvalue weighted by Crippen LogP contribution is 2.24.